The number of esters is 1. The van der Waals surface area contributed by atoms with Gasteiger partial charge in [-0.3, -0.25) is 4.79 Å². The lowest BCUT2D eigenvalue weighted by Gasteiger charge is -2.00. The second-order valence-corrected chi connectivity index (χ2v) is 4.56. The molecule has 0 aliphatic heterocycles. The van der Waals surface area contributed by atoms with Gasteiger partial charge in [-0.05, 0) is 18.2 Å². The van der Waals surface area contributed by atoms with E-state index in [4.69, 9.17) is 0 Å². The zero-order valence-corrected chi connectivity index (χ0v) is 10.5. The van der Waals surface area contributed by atoms with Crippen LogP contribution in [0, 0.1) is 0 Å². The monoisotopic (exact) mass is 267 g/mol. The van der Waals surface area contributed by atoms with E-state index >= 15 is 0 Å². The molecule has 98 valence electrons. The van der Waals surface area contributed by atoms with Crippen LogP contribution in [0.2, 0.25) is 0 Å². The molecule has 0 saturated heterocycles. The van der Waals surface area contributed by atoms with Gasteiger partial charge in [-0.2, -0.15) is 0 Å². The van der Waals surface area contributed by atoms with E-state index in [-0.39, 0.29) is 11.1 Å². The molecule has 0 aliphatic rings. The van der Waals surface area contributed by atoms with Crippen LogP contribution < -0.4 is 5.43 Å². The van der Waals surface area contributed by atoms with E-state index in [2.05, 4.69) is 14.7 Å². The number of H-pyrrole nitrogens is 1. The first-order chi connectivity index (χ1) is 9.70. The van der Waals surface area contributed by atoms with Crippen LogP contribution in [0.25, 0.3) is 27.3 Å². The Morgan fingerprint density at radius 3 is 3.05 bits per heavy atom. The van der Waals surface area contributed by atoms with E-state index in [1.54, 1.807) is 10.7 Å². The third-order valence-electron chi connectivity index (χ3n) is 3.51. The Kier molecular flexibility index (Phi) is 1.96. The van der Waals surface area contributed by atoms with Gasteiger partial charge in [0.05, 0.1) is 23.5 Å². The maximum absolute atomic E-state index is 12.4. The van der Waals surface area contributed by atoms with Gasteiger partial charge in [0.1, 0.15) is 17.5 Å². The molecule has 1 aromatic carbocycles. The molecule has 20 heavy (non-hydrogen) atoms. The average Bonchev–Trinajstić information content (AvgIpc) is 3.09. The van der Waals surface area contributed by atoms with Crippen molar-refractivity contribution in [1.82, 2.24) is 14.4 Å². The summed E-state index contributed by atoms with van der Waals surface area (Å²) in [4.78, 5) is 31.2. The average molecular weight is 267 g/mol. The van der Waals surface area contributed by atoms with E-state index in [9.17, 15) is 9.59 Å². The van der Waals surface area contributed by atoms with E-state index in [1.165, 1.54) is 13.2 Å². The topological polar surface area (TPSA) is 76.5 Å². The Balaban J connectivity index is 2.27. The lowest BCUT2D eigenvalue weighted by molar-refractivity contribution is 0.0595. The number of imidazole rings is 1. The fourth-order valence-corrected chi connectivity index (χ4v) is 2.61. The molecule has 4 rings (SSSR count). The quantitative estimate of drug-likeness (QED) is 0.531. The predicted molar refractivity (Wildman–Crippen MR) is 73.4 cm³/mol. The number of carbonyl (C=O) groups is 1. The molecule has 0 bridgehead atoms. The highest BCUT2D eigenvalue weighted by molar-refractivity contribution is 6.13. The van der Waals surface area contributed by atoms with Crippen LogP contribution in [0.15, 0.2) is 35.5 Å². The van der Waals surface area contributed by atoms with Gasteiger partial charge in [-0.25, -0.2) is 9.78 Å². The summed E-state index contributed by atoms with van der Waals surface area (Å²) in [5.74, 6) is -0.500. The molecule has 0 radical (unpaired) electrons. The minimum absolute atomic E-state index is 0.187. The lowest BCUT2D eigenvalue weighted by Crippen LogP contribution is -2.02. The molecule has 0 atom stereocenters. The van der Waals surface area contributed by atoms with Crippen LogP contribution in [0.5, 0.6) is 0 Å². The Morgan fingerprint density at radius 2 is 2.25 bits per heavy atom. The summed E-state index contributed by atoms with van der Waals surface area (Å²) in [5, 5.41) is 1.30. The summed E-state index contributed by atoms with van der Waals surface area (Å²) >= 11 is 0. The molecule has 0 saturated carbocycles. The molecule has 6 heteroatoms. The summed E-state index contributed by atoms with van der Waals surface area (Å²) in [6.07, 6.45) is 3.44. The van der Waals surface area contributed by atoms with Crippen molar-refractivity contribution in [2.45, 2.75) is 0 Å². The van der Waals surface area contributed by atoms with Gasteiger partial charge < -0.3 is 14.1 Å². The fourth-order valence-electron chi connectivity index (χ4n) is 2.61. The number of aromatic amines is 1. The van der Waals surface area contributed by atoms with Gasteiger partial charge in [0, 0.05) is 11.6 Å². The minimum atomic E-state index is -0.500. The fraction of sp³-hybridized carbons (Fsp3) is 0.0714. The van der Waals surface area contributed by atoms with Crippen LogP contribution in [0.4, 0.5) is 0 Å². The molecular formula is C14H9N3O3. The summed E-state index contributed by atoms with van der Waals surface area (Å²) in [7, 11) is 1.30. The number of hydrogen-bond donors (Lipinski definition) is 1. The Hall–Kier alpha value is -2.89. The second-order valence-electron chi connectivity index (χ2n) is 4.56. The predicted octanol–water partition coefficient (Wildman–Crippen LogP) is 1.55. The van der Waals surface area contributed by atoms with Gasteiger partial charge in [-0.1, -0.05) is 0 Å². The standard InChI is InChI=1S/C14H9N3O3/c1-20-14(19)9-5-8-10(16-9)7-3-2-4-17-6-15-11(12(7)17)13(8)18/h2-6,16H,1H3. The van der Waals surface area contributed by atoms with Gasteiger partial charge in [0.25, 0.3) is 0 Å². The molecule has 0 amide bonds. The Morgan fingerprint density at radius 1 is 1.40 bits per heavy atom. The molecule has 4 aromatic rings. The maximum Gasteiger partial charge on any atom is 0.354 e. The van der Waals surface area contributed by atoms with Crippen molar-refractivity contribution in [1.29, 1.82) is 0 Å². The van der Waals surface area contributed by atoms with Crippen LogP contribution in [-0.2, 0) is 4.74 Å². The first-order valence-electron chi connectivity index (χ1n) is 6.03. The Labute approximate surface area is 111 Å². The lowest BCUT2D eigenvalue weighted by atomic mass is 10.1. The number of ether oxygens (including phenoxy) is 1. The van der Waals surface area contributed by atoms with E-state index in [0.29, 0.717) is 16.4 Å². The van der Waals surface area contributed by atoms with Crippen LogP contribution >= 0.6 is 0 Å². The molecule has 0 unspecified atom stereocenters. The SMILES string of the molecule is COC(=O)c1cc2c(=O)c3ncn4cccc(c2[nH]1)c34. The van der Waals surface area contributed by atoms with Gasteiger partial charge in [-0.15, -0.1) is 0 Å². The molecule has 1 N–H and O–H groups in total. The number of rotatable bonds is 1. The summed E-state index contributed by atoms with van der Waals surface area (Å²) < 4.78 is 6.47. The molecule has 6 nitrogen and oxygen atoms in total. The van der Waals surface area contributed by atoms with Gasteiger partial charge in [0.15, 0.2) is 0 Å². The van der Waals surface area contributed by atoms with Crippen molar-refractivity contribution >= 4 is 33.3 Å². The largest absolute Gasteiger partial charge is 0.464 e. The number of nitrogens with zero attached hydrogens (tertiary/aromatic N) is 2. The number of pyridine rings is 1. The summed E-state index contributed by atoms with van der Waals surface area (Å²) in [6, 6.07) is 5.28. The molecule has 3 aromatic heterocycles. The van der Waals surface area contributed by atoms with Crippen LogP contribution in [-0.4, -0.2) is 27.4 Å². The summed E-state index contributed by atoms with van der Waals surface area (Å²) in [6.45, 7) is 0. The van der Waals surface area contributed by atoms with Crippen LogP contribution in [0.1, 0.15) is 10.5 Å². The number of hydrogen-bond acceptors (Lipinski definition) is 4. The highest BCUT2D eigenvalue weighted by Gasteiger charge is 2.18. The number of carbonyl (C=O) groups excluding carboxylic acids is 1. The van der Waals surface area contributed by atoms with Crippen molar-refractivity contribution in [2.24, 2.45) is 0 Å². The first kappa shape index (κ1) is 11.0. The van der Waals surface area contributed by atoms with Gasteiger partial charge >= 0.3 is 5.97 Å². The molecular weight excluding hydrogens is 258 g/mol. The maximum atomic E-state index is 12.4. The minimum Gasteiger partial charge on any atom is -0.464 e. The van der Waals surface area contributed by atoms with E-state index in [1.807, 2.05) is 18.3 Å². The molecule has 0 spiro atoms. The number of aromatic nitrogens is 3. The van der Waals surface area contributed by atoms with Crippen molar-refractivity contribution < 1.29 is 9.53 Å². The van der Waals surface area contributed by atoms with E-state index < -0.39 is 5.97 Å². The zero-order chi connectivity index (χ0) is 13.9. The van der Waals surface area contributed by atoms with Gasteiger partial charge in [0.2, 0.25) is 5.43 Å². The third-order valence-corrected chi connectivity index (χ3v) is 3.51. The number of methoxy groups -OCH3 is 1. The molecule has 0 aliphatic carbocycles. The first-order valence-corrected chi connectivity index (χ1v) is 6.03. The highest BCUT2D eigenvalue weighted by Crippen LogP contribution is 2.26. The third kappa shape index (κ3) is 1.20. The highest BCUT2D eigenvalue weighted by atomic mass is 16.5. The summed E-state index contributed by atoms with van der Waals surface area (Å²) in [5.41, 5.74) is 1.87. The van der Waals surface area contributed by atoms with Crippen molar-refractivity contribution in [3.63, 3.8) is 0 Å². The van der Waals surface area contributed by atoms with E-state index in [0.717, 1.165) is 10.9 Å². The number of fused-ring (bicyclic) bond motifs is 2. The van der Waals surface area contributed by atoms with Crippen LogP contribution in [0.3, 0.4) is 0 Å². The number of nitrogens with one attached hydrogen (secondary N) is 1. The Bertz CT molecular complexity index is 1030. The normalized spacial score (nSPS) is 11.7. The van der Waals surface area contributed by atoms with Crippen molar-refractivity contribution in [3.8, 4) is 0 Å². The van der Waals surface area contributed by atoms with Crippen molar-refractivity contribution in [3.05, 3.63) is 46.6 Å². The van der Waals surface area contributed by atoms with Crippen molar-refractivity contribution in [2.75, 3.05) is 7.11 Å². The number of benzene rings is 1. The molecule has 3 heterocycles. The smallest absolute Gasteiger partial charge is 0.354 e. The second kappa shape index (κ2) is 3.57. The molecule has 0 fully saturated rings. The zero-order valence-electron chi connectivity index (χ0n) is 10.5.